The predicted octanol–water partition coefficient (Wildman–Crippen LogP) is 3.01. The summed E-state index contributed by atoms with van der Waals surface area (Å²) in [6.07, 6.45) is 0.524. The Balaban J connectivity index is 1.69. The maximum absolute atomic E-state index is 13.2. The standard InChI is InChI=1S/C21H22ClN3O2/c22-15-7-5-14(6-8-15)19(25-11-9-23-10-12-25)21(27)20(26)17-13-24-18-4-2-1-3-16(17)18/h1-8,13,19,21,23-24,27H,9-12H2. The van der Waals surface area contributed by atoms with Crippen molar-refractivity contribution in [2.75, 3.05) is 26.2 Å². The number of aliphatic hydroxyl groups is 1. The quantitative estimate of drug-likeness (QED) is 0.592. The summed E-state index contributed by atoms with van der Waals surface area (Å²) in [5.74, 6) is -0.272. The highest BCUT2D eigenvalue weighted by Crippen LogP contribution is 2.30. The summed E-state index contributed by atoms with van der Waals surface area (Å²) < 4.78 is 0. The summed E-state index contributed by atoms with van der Waals surface area (Å²) in [7, 11) is 0. The molecule has 6 heteroatoms. The minimum absolute atomic E-state index is 0.272. The highest BCUT2D eigenvalue weighted by molar-refractivity contribution is 6.30. The van der Waals surface area contributed by atoms with Gasteiger partial charge in [-0.15, -0.1) is 0 Å². The fraction of sp³-hybridized carbons (Fsp3) is 0.286. The molecular formula is C21H22ClN3O2. The van der Waals surface area contributed by atoms with Gasteiger partial charge in [-0.25, -0.2) is 0 Å². The Bertz CT molecular complexity index is 932. The first-order valence-electron chi connectivity index (χ1n) is 9.14. The number of hydrogen-bond acceptors (Lipinski definition) is 4. The second-order valence-electron chi connectivity index (χ2n) is 6.84. The number of carbonyl (C=O) groups is 1. The zero-order valence-electron chi connectivity index (χ0n) is 14.9. The Labute approximate surface area is 162 Å². The number of aromatic amines is 1. The number of fused-ring (bicyclic) bond motifs is 1. The maximum Gasteiger partial charge on any atom is 0.195 e. The molecule has 4 rings (SSSR count). The molecule has 140 valence electrons. The number of aromatic nitrogens is 1. The van der Waals surface area contributed by atoms with Crippen LogP contribution in [0.2, 0.25) is 5.02 Å². The minimum Gasteiger partial charge on any atom is -0.383 e. The number of nitrogens with zero attached hydrogens (tertiary/aromatic N) is 1. The lowest BCUT2D eigenvalue weighted by Gasteiger charge is -2.37. The van der Waals surface area contributed by atoms with Crippen LogP contribution in [0.1, 0.15) is 22.0 Å². The van der Waals surface area contributed by atoms with Gasteiger partial charge in [0.25, 0.3) is 0 Å². The summed E-state index contributed by atoms with van der Waals surface area (Å²) in [6, 6.07) is 14.6. The van der Waals surface area contributed by atoms with Gasteiger partial charge in [-0.05, 0) is 23.8 Å². The largest absolute Gasteiger partial charge is 0.383 e. The predicted molar refractivity (Wildman–Crippen MR) is 107 cm³/mol. The van der Waals surface area contributed by atoms with Gasteiger partial charge in [-0.1, -0.05) is 41.9 Å². The van der Waals surface area contributed by atoms with E-state index < -0.39 is 12.1 Å². The van der Waals surface area contributed by atoms with Gasteiger partial charge in [0.2, 0.25) is 0 Å². The van der Waals surface area contributed by atoms with Crippen molar-refractivity contribution in [1.29, 1.82) is 0 Å². The molecule has 2 atom stereocenters. The van der Waals surface area contributed by atoms with E-state index in [4.69, 9.17) is 11.6 Å². The van der Waals surface area contributed by atoms with Crippen molar-refractivity contribution >= 4 is 28.3 Å². The molecule has 0 amide bonds. The number of Topliss-reactive ketones (excluding diaryl/α,β-unsaturated/α-hetero) is 1. The van der Waals surface area contributed by atoms with Crippen LogP contribution in [0.15, 0.2) is 54.7 Å². The Morgan fingerprint density at radius 1 is 1.07 bits per heavy atom. The molecule has 2 unspecified atom stereocenters. The molecule has 0 aliphatic carbocycles. The molecule has 3 N–H and O–H groups in total. The van der Waals surface area contributed by atoms with Crippen LogP contribution in [0, 0.1) is 0 Å². The van der Waals surface area contributed by atoms with Crippen LogP contribution in [-0.4, -0.2) is 53.1 Å². The van der Waals surface area contributed by atoms with Crippen LogP contribution in [0.4, 0.5) is 0 Å². The average Bonchev–Trinajstić information content (AvgIpc) is 3.14. The number of benzene rings is 2. The fourth-order valence-electron chi connectivity index (χ4n) is 3.79. The molecule has 1 aliphatic rings. The molecule has 1 aromatic heterocycles. The average molecular weight is 384 g/mol. The Morgan fingerprint density at radius 2 is 1.78 bits per heavy atom. The fourth-order valence-corrected chi connectivity index (χ4v) is 3.92. The number of halogens is 1. The first-order chi connectivity index (χ1) is 13.1. The molecule has 0 radical (unpaired) electrons. The molecule has 3 aromatic rings. The van der Waals surface area contributed by atoms with Crippen LogP contribution in [0.5, 0.6) is 0 Å². The number of ketones is 1. The van der Waals surface area contributed by atoms with Crippen molar-refractivity contribution in [2.24, 2.45) is 0 Å². The molecule has 1 saturated heterocycles. The van der Waals surface area contributed by atoms with Gasteiger partial charge in [0.05, 0.1) is 6.04 Å². The summed E-state index contributed by atoms with van der Waals surface area (Å²) in [4.78, 5) is 18.5. The van der Waals surface area contributed by atoms with Crippen molar-refractivity contribution in [3.63, 3.8) is 0 Å². The number of nitrogens with one attached hydrogen (secondary N) is 2. The molecular weight excluding hydrogens is 362 g/mol. The maximum atomic E-state index is 13.2. The molecule has 2 aromatic carbocycles. The van der Waals surface area contributed by atoms with E-state index in [0.717, 1.165) is 42.6 Å². The third-order valence-electron chi connectivity index (χ3n) is 5.18. The number of H-pyrrole nitrogens is 1. The normalized spacial score (nSPS) is 17.7. The monoisotopic (exact) mass is 383 g/mol. The zero-order valence-corrected chi connectivity index (χ0v) is 15.6. The van der Waals surface area contributed by atoms with E-state index in [1.54, 1.807) is 18.3 Å². The lowest BCUT2D eigenvalue weighted by Crippen LogP contribution is -2.49. The van der Waals surface area contributed by atoms with Crippen LogP contribution < -0.4 is 5.32 Å². The second kappa shape index (κ2) is 7.82. The molecule has 27 heavy (non-hydrogen) atoms. The van der Waals surface area contributed by atoms with Crippen molar-refractivity contribution in [3.05, 3.63) is 70.9 Å². The van der Waals surface area contributed by atoms with Gasteiger partial charge >= 0.3 is 0 Å². The molecule has 1 fully saturated rings. The molecule has 0 bridgehead atoms. The van der Waals surface area contributed by atoms with Crippen molar-refractivity contribution in [1.82, 2.24) is 15.2 Å². The van der Waals surface area contributed by atoms with Gasteiger partial charge in [0.15, 0.2) is 5.78 Å². The van der Waals surface area contributed by atoms with Crippen LogP contribution in [0.3, 0.4) is 0 Å². The second-order valence-corrected chi connectivity index (χ2v) is 7.28. The highest BCUT2D eigenvalue weighted by atomic mass is 35.5. The number of para-hydroxylation sites is 1. The number of carbonyl (C=O) groups excluding carboxylic acids is 1. The molecule has 0 spiro atoms. The van der Waals surface area contributed by atoms with Crippen LogP contribution in [0.25, 0.3) is 10.9 Å². The first-order valence-corrected chi connectivity index (χ1v) is 9.51. The molecule has 0 saturated carbocycles. The van der Waals surface area contributed by atoms with E-state index in [2.05, 4.69) is 15.2 Å². The van der Waals surface area contributed by atoms with E-state index in [-0.39, 0.29) is 5.78 Å². The third kappa shape index (κ3) is 3.64. The Kier molecular flexibility index (Phi) is 5.27. The van der Waals surface area contributed by atoms with Gasteiger partial charge in [-0.3, -0.25) is 9.69 Å². The lowest BCUT2D eigenvalue weighted by atomic mass is 9.93. The van der Waals surface area contributed by atoms with Gasteiger partial charge in [-0.2, -0.15) is 0 Å². The summed E-state index contributed by atoms with van der Waals surface area (Å²) in [5, 5.41) is 15.9. The minimum atomic E-state index is -1.16. The SMILES string of the molecule is O=C(c1c[nH]c2ccccc12)C(O)C(c1ccc(Cl)cc1)N1CCNCC1. The summed E-state index contributed by atoms with van der Waals surface area (Å²) in [6.45, 7) is 3.20. The van der Waals surface area contributed by atoms with E-state index in [1.807, 2.05) is 36.4 Å². The first kappa shape index (κ1) is 18.2. The van der Waals surface area contributed by atoms with Crippen LogP contribution in [-0.2, 0) is 0 Å². The topological polar surface area (TPSA) is 68.4 Å². The summed E-state index contributed by atoms with van der Waals surface area (Å²) in [5.41, 5.74) is 2.30. The molecule has 1 aliphatic heterocycles. The lowest BCUT2D eigenvalue weighted by molar-refractivity contribution is 0.0346. The van der Waals surface area contributed by atoms with E-state index in [1.165, 1.54) is 0 Å². The van der Waals surface area contributed by atoms with E-state index in [0.29, 0.717) is 10.6 Å². The summed E-state index contributed by atoms with van der Waals surface area (Å²) >= 11 is 6.03. The highest BCUT2D eigenvalue weighted by Gasteiger charge is 2.34. The number of rotatable bonds is 5. The van der Waals surface area contributed by atoms with Gasteiger partial charge in [0, 0.05) is 53.9 Å². The Hall–Kier alpha value is -2.18. The molecule has 5 nitrogen and oxygen atoms in total. The van der Waals surface area contributed by atoms with Gasteiger partial charge < -0.3 is 15.4 Å². The van der Waals surface area contributed by atoms with E-state index >= 15 is 0 Å². The van der Waals surface area contributed by atoms with Crippen molar-refractivity contribution < 1.29 is 9.90 Å². The zero-order chi connectivity index (χ0) is 18.8. The smallest absolute Gasteiger partial charge is 0.195 e. The third-order valence-corrected chi connectivity index (χ3v) is 5.43. The van der Waals surface area contributed by atoms with Gasteiger partial charge in [0.1, 0.15) is 6.10 Å². The Morgan fingerprint density at radius 3 is 2.52 bits per heavy atom. The van der Waals surface area contributed by atoms with Crippen molar-refractivity contribution in [2.45, 2.75) is 12.1 Å². The van der Waals surface area contributed by atoms with E-state index in [9.17, 15) is 9.90 Å². The number of aliphatic hydroxyl groups excluding tert-OH is 1. The number of hydrogen-bond donors (Lipinski definition) is 3. The van der Waals surface area contributed by atoms with Crippen molar-refractivity contribution in [3.8, 4) is 0 Å². The molecule has 2 heterocycles. The number of piperazine rings is 1. The van der Waals surface area contributed by atoms with Crippen LogP contribution >= 0.6 is 11.6 Å².